The van der Waals surface area contributed by atoms with Crippen molar-refractivity contribution in [2.75, 3.05) is 0 Å². The van der Waals surface area contributed by atoms with Gasteiger partial charge in [-0.2, -0.15) is 5.26 Å². The van der Waals surface area contributed by atoms with Crippen molar-refractivity contribution < 1.29 is 14.3 Å². The third-order valence-electron chi connectivity index (χ3n) is 2.69. The molecule has 0 saturated carbocycles. The van der Waals surface area contributed by atoms with Crippen LogP contribution in [0.4, 0.5) is 4.39 Å². The Balaban J connectivity index is 2.22. The topological polar surface area (TPSA) is 61.1 Å². The summed E-state index contributed by atoms with van der Waals surface area (Å²) < 4.78 is 13.0. The number of rotatable bonds is 4. The summed E-state index contributed by atoms with van der Waals surface area (Å²) in [5.41, 5.74) is 1.17. The van der Waals surface area contributed by atoms with E-state index >= 15 is 0 Å². The van der Waals surface area contributed by atoms with Gasteiger partial charge in [0.2, 0.25) is 0 Å². The molecule has 0 spiro atoms. The maximum absolute atomic E-state index is 13.0. The van der Waals surface area contributed by atoms with E-state index in [0.717, 1.165) is 0 Å². The van der Waals surface area contributed by atoms with Gasteiger partial charge in [-0.3, -0.25) is 0 Å². The molecule has 0 aliphatic rings. The molecule has 0 bridgehead atoms. The molecule has 0 unspecified atom stereocenters. The van der Waals surface area contributed by atoms with Crippen molar-refractivity contribution in [1.29, 1.82) is 5.26 Å². The maximum atomic E-state index is 13.0. The monoisotopic (exact) mass is 287 g/mol. The second-order valence-electron chi connectivity index (χ2n) is 4.00. The quantitative estimate of drug-likeness (QED) is 0.871. The van der Waals surface area contributed by atoms with Gasteiger partial charge in [0.1, 0.15) is 5.82 Å². The zero-order valence-corrected chi connectivity index (χ0v) is 11.2. The molecule has 5 heteroatoms. The number of carboxylic acid groups (broad SMARTS) is 1. The summed E-state index contributed by atoms with van der Waals surface area (Å²) in [7, 11) is 0. The van der Waals surface area contributed by atoms with Crippen LogP contribution in [0.15, 0.2) is 47.4 Å². The molecule has 0 atom stereocenters. The summed E-state index contributed by atoms with van der Waals surface area (Å²) in [4.78, 5) is 11.7. The van der Waals surface area contributed by atoms with Crippen molar-refractivity contribution in [3.63, 3.8) is 0 Å². The molecule has 0 aliphatic heterocycles. The van der Waals surface area contributed by atoms with Crippen LogP contribution in [0.3, 0.4) is 0 Å². The number of carboxylic acids is 1. The summed E-state index contributed by atoms with van der Waals surface area (Å²) >= 11 is 1.31. The molecule has 1 N–H and O–H groups in total. The number of thioether (sulfide) groups is 1. The fraction of sp³-hybridized carbons (Fsp3) is 0.0667. The number of aromatic carboxylic acids is 1. The van der Waals surface area contributed by atoms with Crippen molar-refractivity contribution >= 4 is 17.7 Å². The first-order valence-electron chi connectivity index (χ1n) is 5.75. The molecule has 2 aromatic rings. The fourth-order valence-electron chi connectivity index (χ4n) is 1.70. The molecule has 0 heterocycles. The number of hydrogen-bond acceptors (Lipinski definition) is 3. The highest BCUT2D eigenvalue weighted by molar-refractivity contribution is 7.98. The molecule has 3 nitrogen and oxygen atoms in total. The molecule has 2 rings (SSSR count). The average Bonchev–Trinajstić information content (AvgIpc) is 2.46. The summed E-state index contributed by atoms with van der Waals surface area (Å²) in [5.74, 6) is -1.04. The lowest BCUT2D eigenvalue weighted by molar-refractivity contribution is 0.0693. The lowest BCUT2D eigenvalue weighted by atomic mass is 10.1. The number of nitrogens with zero attached hydrogens (tertiary/aromatic N) is 1. The van der Waals surface area contributed by atoms with Crippen LogP contribution in [0.5, 0.6) is 0 Å². The molecule has 20 heavy (non-hydrogen) atoms. The molecule has 100 valence electrons. The van der Waals surface area contributed by atoms with Crippen molar-refractivity contribution in [3.05, 3.63) is 65.0 Å². The predicted molar refractivity (Wildman–Crippen MR) is 74.1 cm³/mol. The molecule has 2 aromatic carbocycles. The second kappa shape index (κ2) is 6.22. The number of nitriles is 1. The number of halogens is 1. The van der Waals surface area contributed by atoms with E-state index in [1.54, 1.807) is 24.3 Å². The third-order valence-corrected chi connectivity index (χ3v) is 3.82. The average molecular weight is 287 g/mol. The van der Waals surface area contributed by atoms with Crippen molar-refractivity contribution in [1.82, 2.24) is 0 Å². The maximum Gasteiger partial charge on any atom is 0.336 e. The molecule has 0 amide bonds. The summed E-state index contributed by atoms with van der Waals surface area (Å²) in [6.07, 6.45) is 0. The highest BCUT2D eigenvalue weighted by Gasteiger charge is 2.11. The minimum absolute atomic E-state index is 0.220. The largest absolute Gasteiger partial charge is 0.478 e. The van der Waals surface area contributed by atoms with Gasteiger partial charge in [0.25, 0.3) is 0 Å². The standard InChI is InChI=1S/C15H10FNO2S/c16-12-6-5-10(11(7-12)8-17)9-20-14-4-2-1-3-13(14)15(18)19/h1-7H,9H2,(H,18,19). The third kappa shape index (κ3) is 3.16. The minimum Gasteiger partial charge on any atom is -0.478 e. The summed E-state index contributed by atoms with van der Waals surface area (Å²) in [6, 6.07) is 12.6. The van der Waals surface area contributed by atoms with E-state index in [2.05, 4.69) is 0 Å². The van der Waals surface area contributed by atoms with E-state index in [0.29, 0.717) is 16.2 Å². The number of hydrogen-bond donors (Lipinski definition) is 1. The van der Waals surface area contributed by atoms with Crippen LogP contribution in [0, 0.1) is 17.1 Å². The van der Waals surface area contributed by atoms with Crippen molar-refractivity contribution in [3.8, 4) is 6.07 Å². The SMILES string of the molecule is N#Cc1cc(F)ccc1CSc1ccccc1C(=O)O. The molecule has 0 radical (unpaired) electrons. The van der Waals surface area contributed by atoms with E-state index in [-0.39, 0.29) is 11.1 Å². The summed E-state index contributed by atoms with van der Waals surface area (Å²) in [6.45, 7) is 0. The summed E-state index contributed by atoms with van der Waals surface area (Å²) in [5, 5.41) is 18.0. The van der Waals surface area contributed by atoms with Crippen LogP contribution < -0.4 is 0 Å². The van der Waals surface area contributed by atoms with Gasteiger partial charge in [-0.1, -0.05) is 18.2 Å². The normalized spacial score (nSPS) is 10.0. The minimum atomic E-state index is -0.993. The zero-order chi connectivity index (χ0) is 14.5. The fourth-order valence-corrected chi connectivity index (χ4v) is 2.75. The Bertz CT molecular complexity index is 695. The molecule has 0 aliphatic carbocycles. The lowest BCUT2D eigenvalue weighted by Gasteiger charge is -2.07. The van der Waals surface area contributed by atoms with Gasteiger partial charge in [-0.05, 0) is 29.8 Å². The number of benzene rings is 2. The molecule has 0 fully saturated rings. The van der Waals surface area contributed by atoms with Crippen LogP contribution >= 0.6 is 11.8 Å². The van der Waals surface area contributed by atoms with Crippen molar-refractivity contribution in [2.24, 2.45) is 0 Å². The van der Waals surface area contributed by atoms with Gasteiger partial charge >= 0.3 is 5.97 Å². The highest BCUT2D eigenvalue weighted by atomic mass is 32.2. The Hall–Kier alpha value is -2.32. The van der Waals surface area contributed by atoms with Crippen molar-refractivity contribution in [2.45, 2.75) is 10.6 Å². The first-order chi connectivity index (χ1) is 9.61. The first-order valence-corrected chi connectivity index (χ1v) is 6.74. The lowest BCUT2D eigenvalue weighted by Crippen LogP contribution is -1.98. The van der Waals surface area contributed by atoms with E-state index in [1.807, 2.05) is 6.07 Å². The van der Waals surface area contributed by atoms with Gasteiger partial charge in [0.15, 0.2) is 0 Å². The highest BCUT2D eigenvalue weighted by Crippen LogP contribution is 2.27. The Labute approximate surface area is 119 Å². The van der Waals surface area contributed by atoms with E-state index < -0.39 is 11.8 Å². The van der Waals surface area contributed by atoms with Crippen LogP contribution in [-0.2, 0) is 5.75 Å². The Morgan fingerprint density at radius 1 is 1.30 bits per heavy atom. The van der Waals surface area contributed by atoms with Gasteiger partial charge in [-0.15, -0.1) is 11.8 Å². The van der Waals surface area contributed by atoms with Crippen LogP contribution in [0.1, 0.15) is 21.5 Å². The van der Waals surface area contributed by atoms with E-state index in [4.69, 9.17) is 10.4 Å². The second-order valence-corrected chi connectivity index (χ2v) is 5.02. The Morgan fingerprint density at radius 3 is 2.75 bits per heavy atom. The van der Waals surface area contributed by atoms with Gasteiger partial charge < -0.3 is 5.11 Å². The van der Waals surface area contributed by atoms with Gasteiger partial charge in [0, 0.05) is 10.6 Å². The number of carbonyl (C=O) groups is 1. The van der Waals surface area contributed by atoms with Crippen LogP contribution in [-0.4, -0.2) is 11.1 Å². The van der Waals surface area contributed by atoms with Crippen LogP contribution in [0.25, 0.3) is 0 Å². The smallest absolute Gasteiger partial charge is 0.336 e. The van der Waals surface area contributed by atoms with Gasteiger partial charge in [0.05, 0.1) is 17.2 Å². The van der Waals surface area contributed by atoms with Gasteiger partial charge in [-0.25, -0.2) is 9.18 Å². The molecule has 0 saturated heterocycles. The first kappa shape index (κ1) is 14.1. The molecular weight excluding hydrogens is 277 g/mol. The Morgan fingerprint density at radius 2 is 2.05 bits per heavy atom. The van der Waals surface area contributed by atoms with Crippen LogP contribution in [0.2, 0.25) is 0 Å². The Kier molecular flexibility index (Phi) is 4.38. The predicted octanol–water partition coefficient (Wildman–Crippen LogP) is 3.69. The van der Waals surface area contributed by atoms with E-state index in [1.165, 1.54) is 30.0 Å². The molecular formula is C15H10FNO2S. The molecule has 0 aromatic heterocycles. The zero-order valence-electron chi connectivity index (χ0n) is 10.3. The van der Waals surface area contributed by atoms with E-state index in [9.17, 15) is 9.18 Å².